The Labute approximate surface area is 178 Å². The largest absolute Gasteiger partial charge is 0.377 e. The molecule has 0 radical (unpaired) electrons. The number of carbonyl (C=O) groups is 1. The molecule has 1 amide bonds. The van der Waals surface area contributed by atoms with Crippen LogP contribution in [0.3, 0.4) is 0 Å². The molecule has 0 aliphatic carbocycles. The summed E-state index contributed by atoms with van der Waals surface area (Å²) in [5.74, 6) is -0.146. The second-order valence-corrected chi connectivity index (χ2v) is 10.1. The van der Waals surface area contributed by atoms with Gasteiger partial charge in [0, 0.05) is 41.7 Å². The number of hydrogen-bond acceptors (Lipinski definition) is 4. The lowest BCUT2D eigenvalue weighted by molar-refractivity contribution is -0.123. The van der Waals surface area contributed by atoms with E-state index in [4.69, 9.17) is 0 Å². The van der Waals surface area contributed by atoms with E-state index in [0.717, 1.165) is 11.1 Å². The molecule has 3 aromatic rings. The lowest BCUT2D eigenvalue weighted by Crippen LogP contribution is -2.27. The summed E-state index contributed by atoms with van der Waals surface area (Å²) in [5, 5.41) is 4.32. The molecule has 0 aliphatic rings. The molecule has 0 saturated carbocycles. The fraction of sp³-hybridized carbons (Fsp3) is 0.261. The number of benzene rings is 3. The Kier molecular flexibility index (Phi) is 5.76. The third-order valence-electron chi connectivity index (χ3n) is 4.68. The maximum absolute atomic E-state index is 13.2. The molecule has 0 saturated heterocycles. The molecule has 0 unspecified atom stereocenters. The third kappa shape index (κ3) is 4.57. The van der Waals surface area contributed by atoms with E-state index in [0.29, 0.717) is 16.8 Å². The van der Waals surface area contributed by atoms with Gasteiger partial charge in [-0.1, -0.05) is 51.1 Å². The molecular weight excluding hydrogens is 398 g/mol. The predicted molar refractivity (Wildman–Crippen MR) is 124 cm³/mol. The number of sulfonamides is 1. The van der Waals surface area contributed by atoms with Gasteiger partial charge in [-0.15, -0.1) is 0 Å². The Morgan fingerprint density at radius 2 is 1.47 bits per heavy atom. The molecule has 158 valence electrons. The van der Waals surface area contributed by atoms with E-state index in [1.165, 1.54) is 0 Å². The monoisotopic (exact) mass is 425 g/mol. The quantitative estimate of drug-likeness (QED) is 0.622. The Morgan fingerprint density at radius 3 is 2.13 bits per heavy atom. The second kappa shape index (κ2) is 7.99. The van der Waals surface area contributed by atoms with Crippen LogP contribution in [-0.2, 0) is 14.8 Å². The van der Waals surface area contributed by atoms with Gasteiger partial charge in [-0.05, 0) is 30.3 Å². The van der Waals surface area contributed by atoms with Gasteiger partial charge in [0.2, 0.25) is 5.91 Å². The number of fused-ring (bicyclic) bond motifs is 1. The zero-order chi connectivity index (χ0) is 22.1. The highest BCUT2D eigenvalue weighted by Gasteiger charge is 2.22. The normalized spacial score (nSPS) is 11.9. The van der Waals surface area contributed by atoms with Gasteiger partial charge >= 0.3 is 0 Å². The number of rotatable bonds is 5. The Hall–Kier alpha value is -3.06. The molecule has 30 heavy (non-hydrogen) atoms. The highest BCUT2D eigenvalue weighted by atomic mass is 32.2. The summed E-state index contributed by atoms with van der Waals surface area (Å²) in [6.45, 7) is 5.45. The molecule has 0 spiro atoms. The minimum Gasteiger partial charge on any atom is -0.377 e. The maximum atomic E-state index is 13.2. The molecule has 6 nitrogen and oxygen atoms in total. The first-order valence-corrected chi connectivity index (χ1v) is 11.1. The van der Waals surface area contributed by atoms with Crippen LogP contribution in [0.5, 0.6) is 0 Å². The lowest BCUT2D eigenvalue weighted by atomic mass is 9.95. The summed E-state index contributed by atoms with van der Waals surface area (Å²) in [6.07, 6.45) is 0. The van der Waals surface area contributed by atoms with E-state index in [2.05, 4.69) is 10.0 Å². The summed E-state index contributed by atoms with van der Waals surface area (Å²) in [4.78, 5) is 14.4. The fourth-order valence-electron chi connectivity index (χ4n) is 3.08. The maximum Gasteiger partial charge on any atom is 0.262 e. The fourth-order valence-corrected chi connectivity index (χ4v) is 4.35. The molecule has 0 fully saturated rings. The van der Waals surface area contributed by atoms with Crippen LogP contribution in [0.2, 0.25) is 0 Å². The summed E-state index contributed by atoms with van der Waals surface area (Å²) in [6, 6.07) is 17.5. The highest BCUT2D eigenvalue weighted by Crippen LogP contribution is 2.31. The summed E-state index contributed by atoms with van der Waals surface area (Å²) in [5.41, 5.74) is 1.30. The molecule has 3 aromatic carbocycles. The van der Waals surface area contributed by atoms with Crippen molar-refractivity contribution in [3.63, 3.8) is 0 Å². The smallest absolute Gasteiger partial charge is 0.262 e. The van der Waals surface area contributed by atoms with Crippen molar-refractivity contribution in [2.45, 2.75) is 25.7 Å². The first-order chi connectivity index (χ1) is 14.0. The van der Waals surface area contributed by atoms with Crippen molar-refractivity contribution in [2.75, 3.05) is 29.0 Å². The summed E-state index contributed by atoms with van der Waals surface area (Å²) < 4.78 is 29.0. The predicted octanol–water partition coefficient (Wildman–Crippen LogP) is 4.69. The van der Waals surface area contributed by atoms with E-state index < -0.39 is 15.4 Å². The van der Waals surface area contributed by atoms with Crippen molar-refractivity contribution < 1.29 is 13.2 Å². The van der Waals surface area contributed by atoms with Crippen molar-refractivity contribution in [1.29, 1.82) is 0 Å². The van der Waals surface area contributed by atoms with Gasteiger partial charge in [-0.25, -0.2) is 8.42 Å². The zero-order valence-electron chi connectivity index (χ0n) is 17.9. The summed E-state index contributed by atoms with van der Waals surface area (Å²) in [7, 11) is 0.00715. The van der Waals surface area contributed by atoms with Crippen LogP contribution in [0.1, 0.15) is 20.8 Å². The van der Waals surface area contributed by atoms with Gasteiger partial charge in [-0.3, -0.25) is 9.52 Å². The average molecular weight is 426 g/mol. The van der Waals surface area contributed by atoms with Crippen molar-refractivity contribution in [3.8, 4) is 0 Å². The van der Waals surface area contributed by atoms with E-state index in [1.54, 1.807) is 42.5 Å². The van der Waals surface area contributed by atoms with Crippen LogP contribution in [0.15, 0.2) is 65.6 Å². The lowest BCUT2D eigenvalue weighted by Gasteiger charge is -2.18. The molecule has 0 aliphatic heterocycles. The van der Waals surface area contributed by atoms with Crippen molar-refractivity contribution >= 4 is 43.8 Å². The molecule has 0 heterocycles. The third-order valence-corrected chi connectivity index (χ3v) is 6.12. The topological polar surface area (TPSA) is 78.5 Å². The van der Waals surface area contributed by atoms with Crippen LogP contribution in [0.25, 0.3) is 10.8 Å². The number of anilines is 3. The van der Waals surface area contributed by atoms with Gasteiger partial charge in [0.25, 0.3) is 10.0 Å². The number of nitrogens with zero attached hydrogens (tertiary/aromatic N) is 1. The van der Waals surface area contributed by atoms with Gasteiger partial charge in [0.05, 0.1) is 10.6 Å². The molecule has 0 atom stereocenters. The Bertz CT molecular complexity index is 1200. The van der Waals surface area contributed by atoms with Crippen LogP contribution in [0.4, 0.5) is 17.1 Å². The molecule has 7 heteroatoms. The first kappa shape index (κ1) is 21.6. The average Bonchev–Trinajstić information content (AvgIpc) is 2.66. The molecule has 0 aromatic heterocycles. The van der Waals surface area contributed by atoms with E-state index in [1.807, 2.05) is 58.0 Å². The first-order valence-electron chi connectivity index (χ1n) is 9.62. The standard InChI is InChI=1S/C23H27N3O3S/c1-23(2,3)22(27)24-16-9-6-10-17(15-16)25-30(28,29)21-14-8-11-18-19(21)12-7-13-20(18)26(4)5/h6-15,25H,1-5H3,(H,24,27). The van der Waals surface area contributed by atoms with Crippen LogP contribution < -0.4 is 14.9 Å². The Balaban J connectivity index is 1.96. The molecule has 0 bridgehead atoms. The minimum atomic E-state index is -3.84. The molecular formula is C23H27N3O3S. The van der Waals surface area contributed by atoms with Gasteiger partial charge in [0.1, 0.15) is 0 Å². The summed E-state index contributed by atoms with van der Waals surface area (Å²) >= 11 is 0. The van der Waals surface area contributed by atoms with Crippen molar-refractivity contribution in [1.82, 2.24) is 0 Å². The molecule has 2 N–H and O–H groups in total. The van der Waals surface area contributed by atoms with Gasteiger partial charge in [-0.2, -0.15) is 0 Å². The van der Waals surface area contributed by atoms with E-state index in [9.17, 15) is 13.2 Å². The SMILES string of the molecule is CN(C)c1cccc2c(S(=O)(=O)Nc3cccc(NC(=O)C(C)(C)C)c3)cccc12. The highest BCUT2D eigenvalue weighted by molar-refractivity contribution is 7.93. The van der Waals surface area contributed by atoms with Gasteiger partial charge in [0.15, 0.2) is 0 Å². The van der Waals surface area contributed by atoms with Crippen LogP contribution >= 0.6 is 0 Å². The number of carbonyl (C=O) groups excluding carboxylic acids is 1. The van der Waals surface area contributed by atoms with Crippen LogP contribution in [-0.4, -0.2) is 28.4 Å². The number of hydrogen-bond donors (Lipinski definition) is 2. The Morgan fingerprint density at radius 1 is 0.867 bits per heavy atom. The van der Waals surface area contributed by atoms with Crippen LogP contribution in [0, 0.1) is 5.41 Å². The second-order valence-electron chi connectivity index (χ2n) is 8.41. The van der Waals surface area contributed by atoms with Gasteiger partial charge < -0.3 is 10.2 Å². The molecule has 3 rings (SSSR count). The van der Waals surface area contributed by atoms with Crippen molar-refractivity contribution in [3.05, 3.63) is 60.7 Å². The zero-order valence-corrected chi connectivity index (χ0v) is 18.7. The van der Waals surface area contributed by atoms with E-state index in [-0.39, 0.29) is 10.8 Å². The minimum absolute atomic E-state index is 0.146. The number of nitrogens with one attached hydrogen (secondary N) is 2. The van der Waals surface area contributed by atoms with E-state index >= 15 is 0 Å². The number of amides is 1. The van der Waals surface area contributed by atoms with Crippen molar-refractivity contribution in [2.24, 2.45) is 5.41 Å².